The summed E-state index contributed by atoms with van der Waals surface area (Å²) in [6.45, 7) is 3.36. The van der Waals surface area contributed by atoms with E-state index in [1.54, 1.807) is 36.4 Å². The fourth-order valence-corrected chi connectivity index (χ4v) is 2.15. The highest BCUT2D eigenvalue weighted by atomic mass is 127. The van der Waals surface area contributed by atoms with E-state index in [9.17, 15) is 13.6 Å². The number of aryl methyl sites for hydroxylation is 1. The van der Waals surface area contributed by atoms with Gasteiger partial charge in [0.2, 0.25) is 0 Å². The Bertz CT molecular complexity index is 410. The Morgan fingerprint density at radius 3 is 2.75 bits per heavy atom. The predicted octanol–water partition coefficient (Wildman–Crippen LogP) is 3.11. The van der Waals surface area contributed by atoms with Crippen molar-refractivity contribution in [2.75, 3.05) is 6.61 Å². The standard InChI is InChI=1S/C10H10F2INO2/c1-3-16-10(15)7-6(8(11)12)4-5(2)14-9(7)13/h4,8H,3H2,1-2H3. The zero-order valence-electron chi connectivity index (χ0n) is 8.76. The summed E-state index contributed by atoms with van der Waals surface area (Å²) < 4.78 is 30.5. The van der Waals surface area contributed by atoms with E-state index in [2.05, 4.69) is 4.98 Å². The molecule has 0 atom stereocenters. The van der Waals surface area contributed by atoms with Crippen LogP contribution in [0.15, 0.2) is 6.07 Å². The fourth-order valence-electron chi connectivity index (χ4n) is 1.24. The SMILES string of the molecule is CCOC(=O)c1c(C(F)F)cc(C)nc1I. The topological polar surface area (TPSA) is 39.2 Å². The Kier molecular flexibility index (Phi) is 4.57. The van der Waals surface area contributed by atoms with Crippen LogP contribution in [-0.2, 0) is 4.74 Å². The molecule has 16 heavy (non-hydrogen) atoms. The third-order valence-electron chi connectivity index (χ3n) is 1.85. The lowest BCUT2D eigenvalue weighted by atomic mass is 10.1. The summed E-state index contributed by atoms with van der Waals surface area (Å²) in [5.41, 5.74) is -0.00820. The number of carbonyl (C=O) groups excluding carboxylic acids is 1. The maximum atomic E-state index is 12.7. The van der Waals surface area contributed by atoms with E-state index in [1.165, 1.54) is 6.07 Å². The molecule has 1 aromatic heterocycles. The van der Waals surface area contributed by atoms with E-state index in [-0.39, 0.29) is 21.4 Å². The molecule has 0 aliphatic rings. The molecular formula is C10H10F2INO2. The first kappa shape index (κ1) is 13.3. The molecule has 0 spiro atoms. The highest BCUT2D eigenvalue weighted by Gasteiger charge is 2.23. The number of nitrogens with zero attached hydrogens (tertiary/aromatic N) is 1. The Morgan fingerprint density at radius 2 is 2.25 bits per heavy atom. The van der Waals surface area contributed by atoms with Gasteiger partial charge in [-0.3, -0.25) is 0 Å². The van der Waals surface area contributed by atoms with Crippen molar-refractivity contribution in [2.24, 2.45) is 0 Å². The summed E-state index contributed by atoms with van der Waals surface area (Å²) in [7, 11) is 0. The van der Waals surface area contributed by atoms with Crippen LogP contribution in [0.25, 0.3) is 0 Å². The molecular weight excluding hydrogens is 331 g/mol. The molecule has 0 N–H and O–H groups in total. The van der Waals surface area contributed by atoms with Crippen LogP contribution in [0.5, 0.6) is 0 Å². The normalized spacial score (nSPS) is 10.6. The van der Waals surface area contributed by atoms with Gasteiger partial charge in [-0.1, -0.05) is 0 Å². The van der Waals surface area contributed by atoms with Crippen molar-refractivity contribution in [3.8, 4) is 0 Å². The summed E-state index contributed by atoms with van der Waals surface area (Å²) in [4.78, 5) is 15.5. The van der Waals surface area contributed by atoms with Crippen LogP contribution >= 0.6 is 22.6 Å². The molecule has 0 saturated carbocycles. The Labute approximate surface area is 105 Å². The molecule has 1 rings (SSSR count). The van der Waals surface area contributed by atoms with Gasteiger partial charge in [0.25, 0.3) is 6.43 Å². The minimum Gasteiger partial charge on any atom is -0.462 e. The molecule has 1 aromatic rings. The number of hydrogen-bond acceptors (Lipinski definition) is 3. The van der Waals surface area contributed by atoms with Gasteiger partial charge in [0.05, 0.1) is 6.61 Å². The molecule has 6 heteroatoms. The lowest BCUT2D eigenvalue weighted by molar-refractivity contribution is 0.0513. The molecule has 0 bridgehead atoms. The Hall–Kier alpha value is -0.790. The average Bonchev–Trinajstić information content (AvgIpc) is 2.16. The lowest BCUT2D eigenvalue weighted by Gasteiger charge is -2.10. The van der Waals surface area contributed by atoms with Gasteiger partial charge in [0, 0.05) is 11.3 Å². The van der Waals surface area contributed by atoms with Crippen molar-refractivity contribution in [2.45, 2.75) is 20.3 Å². The molecule has 0 fully saturated rings. The maximum absolute atomic E-state index is 12.7. The second-order valence-corrected chi connectivity index (χ2v) is 4.06. The highest BCUT2D eigenvalue weighted by Crippen LogP contribution is 2.27. The molecule has 0 unspecified atom stereocenters. The fraction of sp³-hybridized carbons (Fsp3) is 0.400. The number of carbonyl (C=O) groups is 1. The van der Waals surface area contributed by atoms with E-state index in [4.69, 9.17) is 4.74 Å². The summed E-state index contributed by atoms with van der Waals surface area (Å²) >= 11 is 1.75. The van der Waals surface area contributed by atoms with Gasteiger partial charge < -0.3 is 4.74 Å². The number of alkyl halides is 2. The third-order valence-corrected chi connectivity index (χ3v) is 2.63. The van der Waals surface area contributed by atoms with Gasteiger partial charge in [-0.25, -0.2) is 18.6 Å². The molecule has 0 amide bonds. The number of hydrogen-bond donors (Lipinski definition) is 0. The second-order valence-electron chi connectivity index (χ2n) is 3.04. The van der Waals surface area contributed by atoms with Crippen LogP contribution in [0.3, 0.4) is 0 Å². The first-order valence-corrected chi connectivity index (χ1v) is 5.67. The summed E-state index contributed by atoms with van der Waals surface area (Å²) in [5.74, 6) is -0.755. The van der Waals surface area contributed by atoms with Gasteiger partial charge in [0.15, 0.2) is 0 Å². The molecule has 88 valence electrons. The van der Waals surface area contributed by atoms with E-state index in [1.807, 2.05) is 0 Å². The third kappa shape index (κ3) is 2.87. The number of halogens is 3. The zero-order chi connectivity index (χ0) is 12.3. The summed E-state index contributed by atoms with van der Waals surface area (Å²) in [6.07, 6.45) is -2.71. The lowest BCUT2D eigenvalue weighted by Crippen LogP contribution is -2.12. The summed E-state index contributed by atoms with van der Waals surface area (Å²) in [6, 6.07) is 1.21. The largest absolute Gasteiger partial charge is 0.462 e. The number of aromatic nitrogens is 1. The monoisotopic (exact) mass is 341 g/mol. The number of esters is 1. The van der Waals surface area contributed by atoms with Crippen molar-refractivity contribution in [1.82, 2.24) is 4.98 Å². The highest BCUT2D eigenvalue weighted by molar-refractivity contribution is 14.1. The van der Waals surface area contributed by atoms with Crippen LogP contribution in [0.2, 0.25) is 0 Å². The molecule has 0 aromatic carbocycles. The van der Waals surface area contributed by atoms with Crippen LogP contribution in [0, 0.1) is 10.6 Å². The number of rotatable bonds is 3. The Morgan fingerprint density at radius 1 is 1.62 bits per heavy atom. The average molecular weight is 341 g/mol. The minimum atomic E-state index is -2.71. The van der Waals surface area contributed by atoms with Crippen LogP contribution in [0.4, 0.5) is 8.78 Å². The van der Waals surface area contributed by atoms with Crippen LogP contribution < -0.4 is 0 Å². The van der Waals surface area contributed by atoms with Crippen molar-refractivity contribution in [1.29, 1.82) is 0 Å². The molecule has 3 nitrogen and oxygen atoms in total. The van der Waals surface area contributed by atoms with Crippen molar-refractivity contribution < 1.29 is 18.3 Å². The molecule has 0 aliphatic heterocycles. The molecule has 0 aliphatic carbocycles. The predicted molar refractivity (Wildman–Crippen MR) is 62.6 cm³/mol. The summed E-state index contributed by atoms with van der Waals surface area (Å²) in [5, 5.41) is 0. The van der Waals surface area contributed by atoms with E-state index in [0.717, 1.165) is 0 Å². The molecule has 0 radical (unpaired) electrons. The smallest absolute Gasteiger partial charge is 0.341 e. The second kappa shape index (κ2) is 5.51. The number of pyridine rings is 1. The van der Waals surface area contributed by atoms with Gasteiger partial charge >= 0.3 is 5.97 Å². The van der Waals surface area contributed by atoms with Gasteiger partial charge in [0.1, 0.15) is 9.26 Å². The van der Waals surface area contributed by atoms with Gasteiger partial charge in [-0.15, -0.1) is 0 Å². The first-order chi connectivity index (χ1) is 7.47. The minimum absolute atomic E-state index is 0.136. The maximum Gasteiger partial charge on any atom is 0.341 e. The van der Waals surface area contributed by atoms with Crippen molar-refractivity contribution >= 4 is 28.6 Å². The van der Waals surface area contributed by atoms with Gasteiger partial charge in [-0.05, 0) is 42.5 Å². The van der Waals surface area contributed by atoms with Crippen LogP contribution in [0.1, 0.15) is 35.0 Å². The molecule has 1 heterocycles. The van der Waals surface area contributed by atoms with Crippen molar-refractivity contribution in [3.05, 3.63) is 26.6 Å². The Balaban J connectivity index is 3.29. The molecule has 0 saturated heterocycles. The van der Waals surface area contributed by atoms with Gasteiger partial charge in [-0.2, -0.15) is 0 Å². The zero-order valence-corrected chi connectivity index (χ0v) is 10.9. The number of ether oxygens (including phenoxy) is 1. The first-order valence-electron chi connectivity index (χ1n) is 4.59. The van der Waals surface area contributed by atoms with E-state index < -0.39 is 12.4 Å². The van der Waals surface area contributed by atoms with Crippen LogP contribution in [-0.4, -0.2) is 17.6 Å². The quantitative estimate of drug-likeness (QED) is 0.482. The van der Waals surface area contributed by atoms with E-state index in [0.29, 0.717) is 5.69 Å². The van der Waals surface area contributed by atoms with E-state index >= 15 is 0 Å². The van der Waals surface area contributed by atoms with Crippen molar-refractivity contribution in [3.63, 3.8) is 0 Å².